The third-order valence-corrected chi connectivity index (χ3v) is 4.54. The summed E-state index contributed by atoms with van der Waals surface area (Å²) >= 11 is 0. The van der Waals surface area contributed by atoms with E-state index >= 15 is 0 Å². The number of hydrogen-bond donors (Lipinski definition) is 3. The second-order valence-corrected chi connectivity index (χ2v) is 6.45. The van der Waals surface area contributed by atoms with Crippen LogP contribution in [0.5, 0.6) is 0 Å². The number of nitrogens with one attached hydrogen (secondary N) is 3. The highest BCUT2D eigenvalue weighted by Gasteiger charge is 2.22. The number of amides is 2. The van der Waals surface area contributed by atoms with Crippen molar-refractivity contribution in [3.63, 3.8) is 0 Å². The first kappa shape index (κ1) is 17.3. The molecule has 23 heavy (non-hydrogen) atoms. The van der Waals surface area contributed by atoms with Crippen LogP contribution in [-0.4, -0.2) is 24.4 Å². The van der Waals surface area contributed by atoms with Gasteiger partial charge < -0.3 is 16.0 Å². The van der Waals surface area contributed by atoms with Gasteiger partial charge >= 0.3 is 0 Å². The lowest BCUT2D eigenvalue weighted by Crippen LogP contribution is -2.43. The largest absolute Gasteiger partial charge is 0.376 e. The number of carbonyl (C=O) groups is 2. The summed E-state index contributed by atoms with van der Waals surface area (Å²) in [6.07, 6.45) is 4.72. The third kappa shape index (κ3) is 4.98. The molecule has 0 bridgehead atoms. The highest BCUT2D eigenvalue weighted by atomic mass is 16.2. The van der Waals surface area contributed by atoms with E-state index in [0.717, 1.165) is 23.4 Å². The lowest BCUT2D eigenvalue weighted by Gasteiger charge is -2.29. The second kappa shape index (κ2) is 7.99. The quantitative estimate of drug-likeness (QED) is 0.781. The maximum Gasteiger partial charge on any atom is 0.239 e. The van der Waals surface area contributed by atoms with E-state index in [9.17, 15) is 9.59 Å². The molecule has 5 nitrogen and oxygen atoms in total. The SMILES string of the molecule is CC(=O)Nc1cccc(NCC(=O)NC2CCCCC2C)c1C. The van der Waals surface area contributed by atoms with Crippen LogP contribution in [0, 0.1) is 12.8 Å². The standard InChI is InChI=1S/C18H27N3O2/c1-12-7-4-5-8-15(12)21-18(23)11-19-16-9-6-10-17(13(16)2)20-14(3)22/h6,9-10,12,15,19H,4-5,7-8,11H2,1-3H3,(H,20,22)(H,21,23). The highest BCUT2D eigenvalue weighted by Crippen LogP contribution is 2.24. The minimum Gasteiger partial charge on any atom is -0.376 e. The van der Waals surface area contributed by atoms with Crippen molar-refractivity contribution >= 4 is 23.2 Å². The molecule has 0 aromatic heterocycles. The van der Waals surface area contributed by atoms with E-state index in [1.54, 1.807) is 0 Å². The molecule has 0 spiro atoms. The van der Waals surface area contributed by atoms with Gasteiger partial charge in [0.1, 0.15) is 0 Å². The van der Waals surface area contributed by atoms with E-state index in [4.69, 9.17) is 0 Å². The molecule has 1 aliphatic carbocycles. The Kier molecular flexibility index (Phi) is 6.02. The lowest BCUT2D eigenvalue weighted by molar-refractivity contribution is -0.120. The Labute approximate surface area is 138 Å². The monoisotopic (exact) mass is 317 g/mol. The zero-order chi connectivity index (χ0) is 16.8. The van der Waals surface area contributed by atoms with E-state index in [-0.39, 0.29) is 18.4 Å². The number of rotatable bonds is 5. The molecule has 2 unspecified atom stereocenters. The minimum absolute atomic E-state index is 0.0214. The number of carbonyl (C=O) groups excluding carboxylic acids is 2. The van der Waals surface area contributed by atoms with Crippen LogP contribution < -0.4 is 16.0 Å². The summed E-state index contributed by atoms with van der Waals surface area (Å²) in [6.45, 7) is 5.86. The summed E-state index contributed by atoms with van der Waals surface area (Å²) in [5.41, 5.74) is 2.56. The molecule has 1 aliphatic rings. The average molecular weight is 317 g/mol. The zero-order valence-electron chi connectivity index (χ0n) is 14.2. The van der Waals surface area contributed by atoms with Gasteiger partial charge in [-0.05, 0) is 43.4 Å². The maximum atomic E-state index is 12.2. The number of anilines is 2. The fourth-order valence-corrected chi connectivity index (χ4v) is 3.12. The first-order valence-electron chi connectivity index (χ1n) is 8.38. The molecule has 2 atom stereocenters. The van der Waals surface area contributed by atoms with Gasteiger partial charge in [0.05, 0.1) is 6.54 Å². The summed E-state index contributed by atoms with van der Waals surface area (Å²) in [4.78, 5) is 23.4. The van der Waals surface area contributed by atoms with Crippen LogP contribution in [0.15, 0.2) is 18.2 Å². The van der Waals surface area contributed by atoms with Gasteiger partial charge in [-0.25, -0.2) is 0 Å². The normalized spacial score (nSPS) is 20.7. The Morgan fingerprint density at radius 2 is 1.87 bits per heavy atom. The van der Waals surface area contributed by atoms with Gasteiger partial charge in [0.2, 0.25) is 11.8 Å². The Balaban J connectivity index is 1.90. The van der Waals surface area contributed by atoms with E-state index in [0.29, 0.717) is 12.0 Å². The summed E-state index contributed by atoms with van der Waals surface area (Å²) in [6, 6.07) is 5.93. The molecular weight excluding hydrogens is 290 g/mol. The highest BCUT2D eigenvalue weighted by molar-refractivity contribution is 5.91. The van der Waals surface area contributed by atoms with E-state index < -0.39 is 0 Å². The van der Waals surface area contributed by atoms with Crippen molar-refractivity contribution in [3.05, 3.63) is 23.8 Å². The van der Waals surface area contributed by atoms with Gasteiger partial charge in [0.15, 0.2) is 0 Å². The zero-order valence-corrected chi connectivity index (χ0v) is 14.2. The second-order valence-electron chi connectivity index (χ2n) is 6.45. The lowest BCUT2D eigenvalue weighted by atomic mass is 9.86. The van der Waals surface area contributed by atoms with E-state index in [1.165, 1.54) is 26.2 Å². The fourth-order valence-electron chi connectivity index (χ4n) is 3.12. The van der Waals surface area contributed by atoms with Crippen molar-refractivity contribution in [1.82, 2.24) is 5.32 Å². The molecule has 1 aromatic carbocycles. The molecule has 3 N–H and O–H groups in total. The van der Waals surface area contributed by atoms with Crippen LogP contribution in [0.1, 0.15) is 45.1 Å². The van der Waals surface area contributed by atoms with Gasteiger partial charge in [-0.3, -0.25) is 9.59 Å². The van der Waals surface area contributed by atoms with E-state index in [2.05, 4.69) is 22.9 Å². The summed E-state index contributed by atoms with van der Waals surface area (Å²) in [5, 5.41) is 9.09. The molecule has 0 aliphatic heterocycles. The molecule has 1 saturated carbocycles. The molecular formula is C18H27N3O2. The fraction of sp³-hybridized carbons (Fsp3) is 0.556. The average Bonchev–Trinajstić information content (AvgIpc) is 2.50. The summed E-state index contributed by atoms with van der Waals surface area (Å²) in [5.74, 6) is 0.472. The van der Waals surface area contributed by atoms with Crippen LogP contribution in [0.3, 0.4) is 0 Å². The Morgan fingerprint density at radius 1 is 1.17 bits per heavy atom. The van der Waals surface area contributed by atoms with Crippen LogP contribution >= 0.6 is 0 Å². The van der Waals surface area contributed by atoms with Crippen LogP contribution in [-0.2, 0) is 9.59 Å². The molecule has 2 amide bonds. The van der Waals surface area contributed by atoms with Crippen molar-refractivity contribution in [1.29, 1.82) is 0 Å². The minimum atomic E-state index is -0.103. The molecule has 1 aromatic rings. The van der Waals surface area contributed by atoms with Crippen molar-refractivity contribution in [2.75, 3.05) is 17.2 Å². The summed E-state index contributed by atoms with van der Waals surface area (Å²) < 4.78 is 0. The van der Waals surface area contributed by atoms with Crippen molar-refractivity contribution in [2.24, 2.45) is 5.92 Å². The molecule has 5 heteroatoms. The Hall–Kier alpha value is -2.04. The molecule has 0 saturated heterocycles. The first-order chi connectivity index (χ1) is 11.0. The molecule has 1 fully saturated rings. The van der Waals surface area contributed by atoms with E-state index in [1.807, 2.05) is 25.1 Å². The van der Waals surface area contributed by atoms with Crippen molar-refractivity contribution in [3.8, 4) is 0 Å². The molecule has 126 valence electrons. The molecule has 0 heterocycles. The van der Waals surface area contributed by atoms with Gasteiger partial charge in [0, 0.05) is 24.3 Å². The van der Waals surface area contributed by atoms with Gasteiger partial charge in [-0.2, -0.15) is 0 Å². The predicted molar refractivity (Wildman–Crippen MR) is 93.5 cm³/mol. The first-order valence-corrected chi connectivity index (χ1v) is 8.38. The van der Waals surface area contributed by atoms with Gasteiger partial charge in [-0.1, -0.05) is 25.8 Å². The Morgan fingerprint density at radius 3 is 2.57 bits per heavy atom. The van der Waals surface area contributed by atoms with Crippen LogP contribution in [0.2, 0.25) is 0 Å². The topological polar surface area (TPSA) is 70.2 Å². The van der Waals surface area contributed by atoms with Crippen LogP contribution in [0.25, 0.3) is 0 Å². The van der Waals surface area contributed by atoms with Gasteiger partial charge in [0.25, 0.3) is 0 Å². The maximum absolute atomic E-state index is 12.2. The predicted octanol–water partition coefficient (Wildman–Crippen LogP) is 3.06. The molecule has 2 rings (SSSR count). The van der Waals surface area contributed by atoms with Crippen molar-refractivity contribution < 1.29 is 9.59 Å². The third-order valence-electron chi connectivity index (χ3n) is 4.54. The smallest absolute Gasteiger partial charge is 0.239 e. The van der Waals surface area contributed by atoms with Gasteiger partial charge in [-0.15, -0.1) is 0 Å². The van der Waals surface area contributed by atoms with Crippen molar-refractivity contribution in [2.45, 2.75) is 52.5 Å². The summed E-state index contributed by atoms with van der Waals surface area (Å²) in [7, 11) is 0. The molecule has 0 radical (unpaired) electrons. The Bertz CT molecular complexity index is 571. The number of benzene rings is 1. The van der Waals surface area contributed by atoms with Crippen LogP contribution in [0.4, 0.5) is 11.4 Å². The number of hydrogen-bond acceptors (Lipinski definition) is 3.